The first-order chi connectivity index (χ1) is 9.81. The summed E-state index contributed by atoms with van der Waals surface area (Å²) in [6.07, 6.45) is 1.91. The summed E-state index contributed by atoms with van der Waals surface area (Å²) in [6, 6.07) is 0. The predicted octanol–water partition coefficient (Wildman–Crippen LogP) is 0.850. The molecule has 0 saturated heterocycles. The van der Waals surface area contributed by atoms with E-state index in [4.69, 9.17) is 19.4 Å². The molecule has 0 spiro atoms. The first kappa shape index (κ1) is 20.6. The summed E-state index contributed by atoms with van der Waals surface area (Å²) in [4.78, 5) is 0. The Labute approximate surface area is 131 Å². The van der Waals surface area contributed by atoms with Crippen LogP contribution in [0, 0.1) is 0 Å². The first-order valence-corrected chi connectivity index (χ1v) is 9.61. The molecule has 0 heterocycles. The van der Waals surface area contributed by atoms with Crippen LogP contribution in [0.15, 0.2) is 0 Å². The third kappa shape index (κ3) is 16.6. The average molecular weight is 345 g/mol. The van der Waals surface area contributed by atoms with Crippen molar-refractivity contribution in [3.05, 3.63) is 0 Å². The molecule has 7 nitrogen and oxygen atoms in total. The van der Waals surface area contributed by atoms with Gasteiger partial charge in [0.25, 0.3) is 0 Å². The van der Waals surface area contributed by atoms with Crippen molar-refractivity contribution < 1.29 is 12.5 Å². The summed E-state index contributed by atoms with van der Waals surface area (Å²) in [7, 11) is -2.06. The summed E-state index contributed by atoms with van der Waals surface area (Å²) in [6.45, 7) is 4.76. The van der Waals surface area contributed by atoms with Crippen molar-refractivity contribution in [3.63, 3.8) is 0 Å². The Balaban J connectivity index is 3.13. The maximum Gasteiger partial charge on any atom is 0.722 e. The van der Waals surface area contributed by atoms with E-state index in [2.05, 4.69) is 10.6 Å². The second-order valence-corrected chi connectivity index (χ2v) is 6.73. The molecule has 0 aromatic rings. The second kappa shape index (κ2) is 17.6. The number of nitrogens with two attached hydrogens (primary N) is 2. The molecule has 0 radical (unpaired) electrons. The van der Waals surface area contributed by atoms with Gasteiger partial charge in [0, 0.05) is 29.2 Å². The smallest absolute Gasteiger partial charge is 0.330 e. The van der Waals surface area contributed by atoms with E-state index in [1.807, 2.05) is 0 Å². The van der Waals surface area contributed by atoms with E-state index in [1.165, 1.54) is 0 Å². The van der Waals surface area contributed by atoms with E-state index in [-0.39, 0.29) is 0 Å². The molecule has 0 aromatic carbocycles. The summed E-state index contributed by atoms with van der Waals surface area (Å²) in [5, 5.41) is 6.40. The predicted molar refractivity (Wildman–Crippen MR) is 87.8 cm³/mol. The summed E-state index contributed by atoms with van der Waals surface area (Å²) in [5.41, 5.74) is 10.7. The minimum atomic E-state index is -2.06. The molecule has 0 saturated carbocycles. The van der Waals surface area contributed by atoms with E-state index in [0.29, 0.717) is 13.1 Å². The van der Waals surface area contributed by atoms with Gasteiger partial charge >= 0.3 is 8.25 Å². The molecule has 0 aliphatic carbocycles. The van der Waals surface area contributed by atoms with Crippen molar-refractivity contribution in [1.82, 2.24) is 10.6 Å². The van der Waals surface area contributed by atoms with E-state index >= 15 is 0 Å². The van der Waals surface area contributed by atoms with Gasteiger partial charge < -0.3 is 22.1 Å². The molecule has 0 aliphatic heterocycles. The van der Waals surface area contributed by atoms with Crippen LogP contribution in [0.25, 0.3) is 0 Å². The molecular formula is C10H26N4O3PS2+. The number of hydrogen-bond acceptors (Lipinski definition) is 9. The van der Waals surface area contributed by atoms with Crippen LogP contribution >= 0.6 is 32.3 Å². The lowest BCUT2D eigenvalue weighted by atomic mass is 10.4. The highest BCUT2D eigenvalue weighted by atomic mass is 32.2. The molecule has 0 aromatic heterocycles. The standard InChI is InChI=1S/C10H26N4O3PS2/c11-3-1-5-13-7-9-19-16-18(15)17-20-10-8-14-6-2-4-12/h13-14H,1-12H2/q+1. The average Bonchev–Trinajstić information content (AvgIpc) is 2.45. The van der Waals surface area contributed by atoms with Gasteiger partial charge in [-0.1, -0.05) is 0 Å². The highest BCUT2D eigenvalue weighted by Gasteiger charge is 2.21. The molecule has 0 unspecified atom stereocenters. The van der Waals surface area contributed by atoms with Crippen molar-refractivity contribution in [2.24, 2.45) is 11.5 Å². The lowest BCUT2D eigenvalue weighted by Crippen LogP contribution is -2.20. The van der Waals surface area contributed by atoms with Gasteiger partial charge in [-0.05, 0) is 47.0 Å². The molecule has 0 aliphatic rings. The maximum atomic E-state index is 11.3. The van der Waals surface area contributed by atoms with E-state index in [1.54, 1.807) is 0 Å². The minimum absolute atomic E-state index is 0.689. The van der Waals surface area contributed by atoms with E-state index in [0.717, 1.165) is 74.6 Å². The fraction of sp³-hybridized carbons (Fsp3) is 1.00. The maximum absolute atomic E-state index is 11.3. The molecule has 0 amide bonds. The summed E-state index contributed by atoms with van der Waals surface area (Å²) >= 11 is 2.30. The van der Waals surface area contributed by atoms with Crippen LogP contribution in [-0.2, 0) is 12.5 Å². The van der Waals surface area contributed by atoms with Crippen molar-refractivity contribution in [2.75, 3.05) is 50.8 Å². The van der Waals surface area contributed by atoms with Crippen LogP contribution in [0.5, 0.6) is 0 Å². The van der Waals surface area contributed by atoms with Crippen LogP contribution in [0.1, 0.15) is 12.8 Å². The molecule has 20 heavy (non-hydrogen) atoms. The zero-order valence-corrected chi connectivity index (χ0v) is 14.2. The fourth-order valence-electron chi connectivity index (χ4n) is 1.10. The van der Waals surface area contributed by atoms with Crippen LogP contribution < -0.4 is 22.1 Å². The Bertz CT molecular complexity index is 211. The molecule has 0 fully saturated rings. The third-order valence-electron chi connectivity index (χ3n) is 2.07. The Hall–Kier alpha value is 0.560. The van der Waals surface area contributed by atoms with E-state index in [9.17, 15) is 4.57 Å². The fourth-order valence-corrected chi connectivity index (χ4v) is 3.17. The third-order valence-corrected chi connectivity index (χ3v) is 4.63. The van der Waals surface area contributed by atoms with Gasteiger partial charge in [-0.15, -0.1) is 0 Å². The van der Waals surface area contributed by atoms with Crippen molar-refractivity contribution >= 4 is 32.3 Å². The van der Waals surface area contributed by atoms with Crippen LogP contribution in [0.2, 0.25) is 0 Å². The topological polar surface area (TPSA) is 112 Å². The van der Waals surface area contributed by atoms with Crippen LogP contribution in [-0.4, -0.2) is 50.8 Å². The Morgan fingerprint density at radius 1 is 0.850 bits per heavy atom. The van der Waals surface area contributed by atoms with Crippen LogP contribution in [0.4, 0.5) is 0 Å². The lowest BCUT2D eigenvalue weighted by molar-refractivity contribution is 0.462. The van der Waals surface area contributed by atoms with Gasteiger partial charge in [0.2, 0.25) is 0 Å². The van der Waals surface area contributed by atoms with Gasteiger partial charge in [0.05, 0.1) is 24.1 Å². The SMILES string of the molecule is NCCCNCCSO[P+](=O)OSCCNCCCN. The molecule has 0 bridgehead atoms. The van der Waals surface area contributed by atoms with Gasteiger partial charge in [0.15, 0.2) is 0 Å². The Morgan fingerprint density at radius 3 is 1.70 bits per heavy atom. The van der Waals surface area contributed by atoms with E-state index < -0.39 is 8.25 Å². The molecule has 0 atom stereocenters. The largest absolute Gasteiger partial charge is 0.722 e. The van der Waals surface area contributed by atoms with Gasteiger partial charge in [-0.3, -0.25) is 0 Å². The summed E-state index contributed by atoms with van der Waals surface area (Å²) < 4.78 is 21.3. The zero-order chi connectivity index (χ0) is 14.9. The van der Waals surface area contributed by atoms with Gasteiger partial charge in [-0.25, -0.2) is 0 Å². The van der Waals surface area contributed by atoms with Crippen LogP contribution in [0.3, 0.4) is 0 Å². The van der Waals surface area contributed by atoms with Crippen molar-refractivity contribution in [1.29, 1.82) is 0 Å². The number of nitrogens with one attached hydrogen (secondary N) is 2. The van der Waals surface area contributed by atoms with Gasteiger partial charge in [0.1, 0.15) is 0 Å². The normalized spacial score (nSPS) is 10.9. The molecule has 120 valence electrons. The quantitative estimate of drug-likeness (QED) is 0.184. The molecule has 0 rings (SSSR count). The number of hydrogen-bond donors (Lipinski definition) is 4. The monoisotopic (exact) mass is 345 g/mol. The van der Waals surface area contributed by atoms with Crippen molar-refractivity contribution in [3.8, 4) is 0 Å². The second-order valence-electron chi connectivity index (χ2n) is 3.80. The van der Waals surface area contributed by atoms with Gasteiger partial charge in [-0.2, -0.15) is 0 Å². The Morgan fingerprint density at radius 2 is 1.30 bits per heavy atom. The first-order valence-electron chi connectivity index (χ1n) is 6.69. The lowest BCUT2D eigenvalue weighted by Gasteiger charge is -2.00. The van der Waals surface area contributed by atoms with Crippen molar-refractivity contribution in [2.45, 2.75) is 12.8 Å². The highest BCUT2D eigenvalue weighted by Crippen LogP contribution is 2.34. The molecule has 10 heteroatoms. The molecule has 6 N–H and O–H groups in total. The highest BCUT2D eigenvalue weighted by molar-refractivity contribution is 8.00. The summed E-state index contributed by atoms with van der Waals surface area (Å²) in [5.74, 6) is 1.45. The number of rotatable bonds is 16. The molecular weight excluding hydrogens is 319 g/mol. The minimum Gasteiger partial charge on any atom is -0.330 e. The Kier molecular flexibility index (Phi) is 18.1. The zero-order valence-electron chi connectivity index (χ0n) is 11.7.